The van der Waals surface area contributed by atoms with Crippen molar-refractivity contribution in [2.24, 2.45) is 5.92 Å². The number of rotatable bonds is 6. The number of carbonyl (C=O) groups is 1. The Labute approximate surface area is 215 Å². The summed E-state index contributed by atoms with van der Waals surface area (Å²) in [5, 5.41) is 22.4. The van der Waals surface area contributed by atoms with Crippen LogP contribution in [0, 0.1) is 19.8 Å². The Morgan fingerprint density at radius 1 is 1.19 bits per heavy atom. The molecule has 1 saturated heterocycles. The van der Waals surface area contributed by atoms with E-state index in [2.05, 4.69) is 26.5 Å². The zero-order valence-electron chi connectivity index (χ0n) is 21.9. The fourth-order valence-corrected chi connectivity index (χ4v) is 5.05. The summed E-state index contributed by atoms with van der Waals surface area (Å²) in [6, 6.07) is 6.14. The van der Waals surface area contributed by atoms with Gasteiger partial charge in [-0.3, -0.25) is 9.48 Å². The Kier molecular flexibility index (Phi) is 6.45. The molecule has 3 aromatic heterocycles. The van der Waals surface area contributed by atoms with Gasteiger partial charge in [0.1, 0.15) is 11.6 Å². The SMILES string of the molecule is CNC(=O)C1CCN(c2nc(-c3cnn(CC(C)(C)O)c3)nc3ccc(-c4c(C)noc4C)cc23)CC1. The standard InChI is InChI=1S/C27H33N7O3/c1-16-23(17(2)37-32-16)19-6-7-22-21(12-19)25(33-10-8-18(9-11-33)26(35)28-5)31-24(30-22)20-13-29-34(14-20)15-27(3,4)36/h6-7,12-14,18,36H,8-11,15H2,1-5H3,(H,28,35). The number of carbonyl (C=O) groups excluding carboxylic acids is 1. The zero-order chi connectivity index (χ0) is 26.3. The second kappa shape index (κ2) is 9.59. The third-order valence-corrected chi connectivity index (χ3v) is 6.85. The van der Waals surface area contributed by atoms with Crippen molar-refractivity contribution in [2.45, 2.75) is 52.7 Å². The Morgan fingerprint density at radius 2 is 1.95 bits per heavy atom. The summed E-state index contributed by atoms with van der Waals surface area (Å²) in [5.41, 5.74) is 3.52. The first-order chi connectivity index (χ1) is 17.6. The Morgan fingerprint density at radius 3 is 2.59 bits per heavy atom. The third-order valence-electron chi connectivity index (χ3n) is 6.85. The Hall–Kier alpha value is -3.79. The minimum atomic E-state index is -0.886. The van der Waals surface area contributed by atoms with Crippen molar-refractivity contribution in [1.82, 2.24) is 30.2 Å². The van der Waals surface area contributed by atoms with E-state index in [1.165, 1.54) is 0 Å². The number of aryl methyl sites for hydroxylation is 2. The maximum atomic E-state index is 12.2. The largest absolute Gasteiger partial charge is 0.389 e. The molecule has 0 atom stereocenters. The van der Waals surface area contributed by atoms with Gasteiger partial charge in [0.15, 0.2) is 5.82 Å². The van der Waals surface area contributed by atoms with Gasteiger partial charge >= 0.3 is 0 Å². The van der Waals surface area contributed by atoms with Crippen LogP contribution in [0.15, 0.2) is 35.1 Å². The fourth-order valence-electron chi connectivity index (χ4n) is 5.05. The van der Waals surface area contributed by atoms with Crippen LogP contribution in [0.1, 0.15) is 38.1 Å². The first-order valence-electron chi connectivity index (χ1n) is 12.6. The smallest absolute Gasteiger partial charge is 0.222 e. The molecule has 4 aromatic rings. The second-order valence-corrected chi connectivity index (χ2v) is 10.4. The van der Waals surface area contributed by atoms with E-state index in [-0.39, 0.29) is 11.8 Å². The predicted molar refractivity (Wildman–Crippen MR) is 141 cm³/mol. The average Bonchev–Trinajstić information content (AvgIpc) is 3.47. The van der Waals surface area contributed by atoms with Crippen molar-refractivity contribution in [2.75, 3.05) is 25.0 Å². The van der Waals surface area contributed by atoms with Crippen LogP contribution in [0.3, 0.4) is 0 Å². The van der Waals surface area contributed by atoms with Crippen LogP contribution in [-0.2, 0) is 11.3 Å². The molecule has 37 heavy (non-hydrogen) atoms. The lowest BCUT2D eigenvalue weighted by Crippen LogP contribution is -2.40. The monoisotopic (exact) mass is 503 g/mol. The number of aromatic nitrogens is 5. The normalized spacial score (nSPS) is 14.9. The van der Waals surface area contributed by atoms with Crippen LogP contribution in [0.5, 0.6) is 0 Å². The molecule has 0 unspecified atom stereocenters. The first-order valence-corrected chi connectivity index (χ1v) is 12.6. The first kappa shape index (κ1) is 24.9. The number of nitrogens with one attached hydrogen (secondary N) is 1. The van der Waals surface area contributed by atoms with Gasteiger partial charge in [-0.1, -0.05) is 11.2 Å². The van der Waals surface area contributed by atoms with E-state index in [9.17, 15) is 9.90 Å². The summed E-state index contributed by atoms with van der Waals surface area (Å²) in [6.07, 6.45) is 5.10. The average molecular weight is 504 g/mol. The van der Waals surface area contributed by atoms with Crippen LogP contribution in [-0.4, -0.2) is 61.7 Å². The molecule has 1 fully saturated rings. The molecule has 1 aromatic carbocycles. The highest BCUT2D eigenvalue weighted by molar-refractivity contribution is 5.94. The zero-order valence-corrected chi connectivity index (χ0v) is 21.9. The number of aliphatic hydroxyl groups is 1. The van der Waals surface area contributed by atoms with Crippen LogP contribution < -0.4 is 10.2 Å². The van der Waals surface area contributed by atoms with Crippen molar-refractivity contribution >= 4 is 22.6 Å². The molecule has 2 N–H and O–H groups in total. The number of piperidine rings is 1. The number of amides is 1. The van der Waals surface area contributed by atoms with E-state index >= 15 is 0 Å². The molecule has 0 saturated carbocycles. The van der Waals surface area contributed by atoms with E-state index in [0.29, 0.717) is 12.4 Å². The van der Waals surface area contributed by atoms with Gasteiger partial charge < -0.3 is 19.8 Å². The molecule has 10 nitrogen and oxygen atoms in total. The van der Waals surface area contributed by atoms with Crippen LogP contribution >= 0.6 is 0 Å². The van der Waals surface area contributed by atoms with Crippen LogP contribution in [0.2, 0.25) is 0 Å². The van der Waals surface area contributed by atoms with E-state index in [1.807, 2.05) is 32.2 Å². The molecule has 5 rings (SSSR count). The number of nitrogens with zero attached hydrogens (tertiary/aromatic N) is 6. The number of hydrogen-bond donors (Lipinski definition) is 2. The highest BCUT2D eigenvalue weighted by atomic mass is 16.5. The van der Waals surface area contributed by atoms with Crippen LogP contribution in [0.4, 0.5) is 5.82 Å². The number of hydrogen-bond acceptors (Lipinski definition) is 8. The molecule has 194 valence electrons. The van der Waals surface area contributed by atoms with Gasteiger partial charge in [-0.2, -0.15) is 5.10 Å². The third kappa shape index (κ3) is 5.06. The molecule has 1 aliphatic heterocycles. The highest BCUT2D eigenvalue weighted by Crippen LogP contribution is 2.35. The lowest BCUT2D eigenvalue weighted by Gasteiger charge is -2.32. The van der Waals surface area contributed by atoms with Crippen LogP contribution in [0.25, 0.3) is 33.4 Å². The minimum Gasteiger partial charge on any atom is -0.389 e. The summed E-state index contributed by atoms with van der Waals surface area (Å²) < 4.78 is 7.12. The lowest BCUT2D eigenvalue weighted by molar-refractivity contribution is -0.125. The highest BCUT2D eigenvalue weighted by Gasteiger charge is 2.27. The van der Waals surface area contributed by atoms with Gasteiger partial charge in [0.2, 0.25) is 5.91 Å². The molecule has 0 radical (unpaired) electrons. The molecular weight excluding hydrogens is 470 g/mol. The van der Waals surface area contributed by atoms with E-state index in [1.54, 1.807) is 31.8 Å². The second-order valence-electron chi connectivity index (χ2n) is 10.4. The van der Waals surface area contributed by atoms with Gasteiger partial charge in [-0.05, 0) is 58.2 Å². The molecule has 1 amide bonds. The number of benzene rings is 1. The van der Waals surface area contributed by atoms with Crippen molar-refractivity contribution in [1.29, 1.82) is 0 Å². The summed E-state index contributed by atoms with van der Waals surface area (Å²) in [5.74, 6) is 2.27. The maximum Gasteiger partial charge on any atom is 0.222 e. The minimum absolute atomic E-state index is 0.00625. The quantitative estimate of drug-likeness (QED) is 0.410. The lowest BCUT2D eigenvalue weighted by atomic mass is 9.95. The van der Waals surface area contributed by atoms with E-state index in [4.69, 9.17) is 14.5 Å². The Bertz CT molecular complexity index is 1420. The topological polar surface area (TPSA) is 122 Å². The number of anilines is 1. The molecular formula is C27H33N7O3. The maximum absolute atomic E-state index is 12.2. The summed E-state index contributed by atoms with van der Waals surface area (Å²) >= 11 is 0. The molecule has 10 heteroatoms. The van der Waals surface area contributed by atoms with Crippen molar-refractivity contribution < 1.29 is 14.4 Å². The van der Waals surface area contributed by atoms with E-state index < -0.39 is 5.60 Å². The van der Waals surface area contributed by atoms with E-state index in [0.717, 1.165) is 70.8 Å². The van der Waals surface area contributed by atoms with Gasteiger partial charge in [0.05, 0.1) is 35.1 Å². The number of fused-ring (bicyclic) bond motifs is 1. The van der Waals surface area contributed by atoms with Crippen molar-refractivity contribution in [3.63, 3.8) is 0 Å². The predicted octanol–water partition coefficient (Wildman–Crippen LogP) is 3.50. The van der Waals surface area contributed by atoms with Gasteiger partial charge in [0, 0.05) is 43.2 Å². The Balaban J connectivity index is 1.58. The van der Waals surface area contributed by atoms with Crippen molar-refractivity contribution in [3.8, 4) is 22.5 Å². The molecule has 0 spiro atoms. The summed E-state index contributed by atoms with van der Waals surface area (Å²) in [4.78, 5) is 24.3. The summed E-state index contributed by atoms with van der Waals surface area (Å²) in [6.45, 7) is 9.14. The molecule has 1 aliphatic rings. The van der Waals surface area contributed by atoms with Gasteiger partial charge in [0.25, 0.3) is 0 Å². The van der Waals surface area contributed by atoms with Crippen molar-refractivity contribution in [3.05, 3.63) is 42.0 Å². The summed E-state index contributed by atoms with van der Waals surface area (Å²) in [7, 11) is 1.69. The van der Waals surface area contributed by atoms with Gasteiger partial charge in [-0.25, -0.2) is 9.97 Å². The fraction of sp³-hybridized carbons (Fsp3) is 0.444. The molecule has 4 heterocycles. The molecule has 0 aliphatic carbocycles. The van der Waals surface area contributed by atoms with Gasteiger partial charge in [-0.15, -0.1) is 0 Å². The molecule has 0 bridgehead atoms.